The lowest BCUT2D eigenvalue weighted by Crippen LogP contribution is -2.24. The van der Waals surface area contributed by atoms with Gasteiger partial charge in [-0.1, -0.05) is 22.0 Å². The lowest BCUT2D eigenvalue weighted by atomic mass is 10.2. The van der Waals surface area contributed by atoms with Crippen LogP contribution >= 0.6 is 31.9 Å². The van der Waals surface area contributed by atoms with Crippen LogP contribution in [0.5, 0.6) is 5.75 Å². The number of amides is 1. The van der Waals surface area contributed by atoms with E-state index in [1.54, 1.807) is 24.5 Å². The maximum atomic E-state index is 13.2. The number of ether oxygens (including phenoxy) is 1. The molecule has 0 aliphatic heterocycles. The summed E-state index contributed by atoms with van der Waals surface area (Å²) in [5.74, 6) is -0.208. The third-order valence-electron chi connectivity index (χ3n) is 5.05. The Morgan fingerprint density at radius 3 is 2.70 bits per heavy atom. The van der Waals surface area contributed by atoms with E-state index in [4.69, 9.17) is 4.74 Å². The van der Waals surface area contributed by atoms with E-state index in [2.05, 4.69) is 47.4 Å². The van der Waals surface area contributed by atoms with Gasteiger partial charge in [0, 0.05) is 38.7 Å². The molecule has 1 N–H and O–H groups in total. The number of carbonyl (C=O) groups excluding carboxylic acids is 1. The van der Waals surface area contributed by atoms with Crippen LogP contribution in [0, 0.1) is 19.7 Å². The van der Waals surface area contributed by atoms with E-state index in [0.29, 0.717) is 15.7 Å². The first-order valence-electron chi connectivity index (χ1n) is 9.97. The predicted octanol–water partition coefficient (Wildman–Crippen LogP) is 5.84. The van der Waals surface area contributed by atoms with Gasteiger partial charge in [0.15, 0.2) is 12.4 Å². The number of rotatable bonds is 6. The average Bonchev–Trinajstić information content (AvgIpc) is 3.07. The summed E-state index contributed by atoms with van der Waals surface area (Å²) in [6, 6.07) is 13.8. The molecule has 0 radical (unpaired) electrons. The zero-order chi connectivity index (χ0) is 23.5. The summed E-state index contributed by atoms with van der Waals surface area (Å²) in [6.07, 6.45) is 3.24. The van der Waals surface area contributed by atoms with Crippen molar-refractivity contribution in [3.05, 3.63) is 86.4 Å². The zero-order valence-corrected chi connectivity index (χ0v) is 20.9. The van der Waals surface area contributed by atoms with Crippen molar-refractivity contribution in [3.63, 3.8) is 0 Å². The number of fused-ring (bicyclic) bond motifs is 1. The number of hydrazone groups is 1. The summed E-state index contributed by atoms with van der Waals surface area (Å²) in [6.45, 7) is 3.66. The largest absolute Gasteiger partial charge is 0.480 e. The molecule has 2 aromatic heterocycles. The van der Waals surface area contributed by atoms with Crippen molar-refractivity contribution >= 4 is 54.9 Å². The fraction of sp³-hybridized carbons (Fsp3) is 0.125. The number of aromatic nitrogens is 2. The van der Waals surface area contributed by atoms with Crippen LogP contribution in [0.3, 0.4) is 0 Å². The molecule has 2 heterocycles. The second-order valence-electron chi connectivity index (χ2n) is 7.29. The number of pyridine rings is 1. The third kappa shape index (κ3) is 4.99. The molecule has 4 aromatic rings. The minimum Gasteiger partial charge on any atom is -0.480 e. The Bertz CT molecular complexity index is 1370. The van der Waals surface area contributed by atoms with Crippen molar-refractivity contribution in [3.8, 4) is 11.4 Å². The monoisotopic (exact) mass is 572 g/mol. The molecule has 0 aliphatic rings. The third-order valence-corrected chi connectivity index (χ3v) is 6.29. The Morgan fingerprint density at radius 2 is 1.94 bits per heavy atom. The Hall–Kier alpha value is -3.04. The molecular weight excluding hydrogens is 555 g/mol. The zero-order valence-electron chi connectivity index (χ0n) is 17.8. The van der Waals surface area contributed by atoms with Gasteiger partial charge in [-0.15, -0.1) is 0 Å². The second-order valence-corrected chi connectivity index (χ2v) is 9.00. The van der Waals surface area contributed by atoms with Crippen molar-refractivity contribution in [1.82, 2.24) is 15.0 Å². The smallest absolute Gasteiger partial charge is 0.277 e. The van der Waals surface area contributed by atoms with E-state index in [0.717, 1.165) is 32.5 Å². The van der Waals surface area contributed by atoms with Gasteiger partial charge in [0.1, 0.15) is 11.3 Å². The van der Waals surface area contributed by atoms with Gasteiger partial charge in [0.05, 0.1) is 10.7 Å². The van der Waals surface area contributed by atoms with Crippen LogP contribution < -0.4 is 10.2 Å². The molecule has 0 aliphatic carbocycles. The van der Waals surface area contributed by atoms with Crippen LogP contribution in [-0.2, 0) is 4.79 Å². The number of benzene rings is 2. The van der Waals surface area contributed by atoms with E-state index < -0.39 is 5.91 Å². The van der Waals surface area contributed by atoms with Crippen molar-refractivity contribution < 1.29 is 13.9 Å². The van der Waals surface area contributed by atoms with Gasteiger partial charge in [0.25, 0.3) is 5.91 Å². The van der Waals surface area contributed by atoms with Crippen molar-refractivity contribution in [2.75, 3.05) is 6.61 Å². The number of carbonyl (C=O) groups is 1. The van der Waals surface area contributed by atoms with E-state index in [1.807, 2.05) is 42.7 Å². The van der Waals surface area contributed by atoms with Gasteiger partial charge >= 0.3 is 0 Å². The molecule has 168 valence electrons. The maximum Gasteiger partial charge on any atom is 0.277 e. The van der Waals surface area contributed by atoms with Gasteiger partial charge in [-0.25, -0.2) is 9.82 Å². The molecule has 33 heavy (non-hydrogen) atoms. The highest BCUT2D eigenvalue weighted by molar-refractivity contribution is 9.11. The van der Waals surface area contributed by atoms with Crippen molar-refractivity contribution in [1.29, 1.82) is 0 Å². The molecule has 0 fully saturated rings. The number of nitrogens with zero attached hydrogens (tertiary/aromatic N) is 3. The molecule has 0 saturated heterocycles. The molecule has 0 spiro atoms. The van der Waals surface area contributed by atoms with Crippen LogP contribution in [0.15, 0.2) is 68.8 Å². The molecule has 0 atom stereocenters. The van der Waals surface area contributed by atoms with Crippen LogP contribution in [-0.4, -0.2) is 28.3 Å². The molecule has 0 unspecified atom stereocenters. The number of hydrogen-bond donors (Lipinski definition) is 1. The normalized spacial score (nSPS) is 11.3. The van der Waals surface area contributed by atoms with Gasteiger partial charge in [0.2, 0.25) is 0 Å². The van der Waals surface area contributed by atoms with Crippen molar-refractivity contribution in [2.24, 2.45) is 5.10 Å². The average molecular weight is 574 g/mol. The summed E-state index contributed by atoms with van der Waals surface area (Å²) in [4.78, 5) is 16.7. The van der Waals surface area contributed by atoms with E-state index >= 15 is 0 Å². The molecule has 0 saturated carbocycles. The summed E-state index contributed by atoms with van der Waals surface area (Å²) < 4.78 is 22.5. The van der Waals surface area contributed by atoms with Gasteiger partial charge in [-0.05, 0) is 72.2 Å². The second kappa shape index (κ2) is 9.84. The SMILES string of the molecule is Cc1cc(/C=N/NC(=O)COc2c(Br)cc(Br)c3cccnc23)c(C)n1-c1ccc(F)cc1. The fourth-order valence-electron chi connectivity index (χ4n) is 3.53. The lowest BCUT2D eigenvalue weighted by Gasteiger charge is -2.11. The molecule has 1 amide bonds. The Balaban J connectivity index is 1.43. The standard InChI is InChI=1S/C24H19Br2FN4O2/c1-14-10-16(15(2)31(14)18-7-5-17(27)6-8-18)12-29-30-22(32)13-33-24-21(26)11-20(25)19-4-3-9-28-23(19)24/h3-12H,13H2,1-2H3,(H,30,32)/b29-12+. The highest BCUT2D eigenvalue weighted by Crippen LogP contribution is 2.37. The number of nitrogens with one attached hydrogen (secondary N) is 1. The maximum absolute atomic E-state index is 13.2. The molecule has 9 heteroatoms. The predicted molar refractivity (Wildman–Crippen MR) is 134 cm³/mol. The van der Waals surface area contributed by atoms with E-state index in [9.17, 15) is 9.18 Å². The summed E-state index contributed by atoms with van der Waals surface area (Å²) in [5.41, 5.74) is 6.70. The highest BCUT2D eigenvalue weighted by atomic mass is 79.9. The minimum atomic E-state index is -0.405. The minimum absolute atomic E-state index is 0.224. The fourth-order valence-corrected chi connectivity index (χ4v) is 4.92. The quantitative estimate of drug-likeness (QED) is 0.233. The van der Waals surface area contributed by atoms with Crippen molar-refractivity contribution in [2.45, 2.75) is 13.8 Å². The van der Waals surface area contributed by atoms with Crippen LogP contribution in [0.2, 0.25) is 0 Å². The summed E-state index contributed by atoms with van der Waals surface area (Å²) >= 11 is 6.97. The molecule has 6 nitrogen and oxygen atoms in total. The lowest BCUT2D eigenvalue weighted by molar-refractivity contribution is -0.123. The summed E-state index contributed by atoms with van der Waals surface area (Å²) in [7, 11) is 0. The Labute approximate surface area is 206 Å². The first kappa shape index (κ1) is 23.1. The summed E-state index contributed by atoms with van der Waals surface area (Å²) in [5, 5.41) is 4.94. The Kier molecular flexibility index (Phi) is 6.90. The van der Waals surface area contributed by atoms with Gasteiger partial charge in [-0.2, -0.15) is 5.10 Å². The highest BCUT2D eigenvalue weighted by Gasteiger charge is 2.14. The number of hydrogen-bond acceptors (Lipinski definition) is 4. The van der Waals surface area contributed by atoms with Crippen LogP contribution in [0.4, 0.5) is 4.39 Å². The molecule has 0 bridgehead atoms. The van der Waals surface area contributed by atoms with Gasteiger partial charge < -0.3 is 9.30 Å². The molecular formula is C24H19Br2FN4O2. The molecule has 4 rings (SSSR count). The Morgan fingerprint density at radius 1 is 1.18 bits per heavy atom. The van der Waals surface area contributed by atoms with Crippen LogP contribution in [0.25, 0.3) is 16.6 Å². The topological polar surface area (TPSA) is 68.5 Å². The van der Waals surface area contributed by atoms with Gasteiger partial charge in [-0.3, -0.25) is 9.78 Å². The van der Waals surface area contributed by atoms with E-state index in [1.165, 1.54) is 12.1 Å². The first-order valence-corrected chi connectivity index (χ1v) is 11.6. The van der Waals surface area contributed by atoms with Crippen LogP contribution in [0.1, 0.15) is 17.0 Å². The number of aryl methyl sites for hydroxylation is 1. The number of halogens is 3. The molecule has 2 aromatic carbocycles. The van der Waals surface area contributed by atoms with E-state index in [-0.39, 0.29) is 12.4 Å². The first-order chi connectivity index (χ1) is 15.8.